The van der Waals surface area contributed by atoms with Crippen molar-refractivity contribution in [1.82, 2.24) is 0 Å². The summed E-state index contributed by atoms with van der Waals surface area (Å²) >= 11 is 0. The van der Waals surface area contributed by atoms with Crippen LogP contribution >= 0.6 is 0 Å². The Kier molecular flexibility index (Phi) is 3.55. The molecule has 8 fully saturated rings. The van der Waals surface area contributed by atoms with Crippen LogP contribution in [-0.2, 0) is 0 Å². The molecule has 0 atom stereocenters. The zero-order chi connectivity index (χ0) is 19.4. The highest BCUT2D eigenvalue weighted by atomic mass is 19.1. The van der Waals surface area contributed by atoms with Crippen LogP contribution in [0.15, 0.2) is 18.2 Å². The van der Waals surface area contributed by atoms with Gasteiger partial charge in [-0.3, -0.25) is 0 Å². The van der Waals surface area contributed by atoms with E-state index < -0.39 is 0 Å². The Morgan fingerprint density at radius 1 is 0.690 bits per heavy atom. The Hall–Kier alpha value is -0.980. The number of aryl methyl sites for hydroxylation is 1. The number of rotatable bonds is 3. The standard InChI is InChI=1S/C28H36F/c1-17-2-3-24(29)10-25(17)26(27-11-18-4-19(12-27)6-20(5-18)13-27)28-14-21-7-22(15-28)9-23(8-21)16-28/h2-3,10,18-23H,4-9,11-16H2,1H3/q+1. The summed E-state index contributed by atoms with van der Waals surface area (Å²) in [4.78, 5) is 0. The third-order valence-corrected chi connectivity index (χ3v) is 10.6. The SMILES string of the molecule is Cc1ccc(F)cc1[C+](C12CC3CC(CC(C3)C1)C2)C12CC3CC(CC(C3)C1)C2. The van der Waals surface area contributed by atoms with E-state index >= 15 is 0 Å². The third kappa shape index (κ3) is 2.51. The van der Waals surface area contributed by atoms with Crippen molar-refractivity contribution in [3.63, 3.8) is 0 Å². The maximum absolute atomic E-state index is 14.6. The lowest BCUT2D eigenvalue weighted by Gasteiger charge is -2.64. The Bertz CT molecular complexity index is 720. The molecule has 29 heavy (non-hydrogen) atoms. The number of benzene rings is 1. The second kappa shape index (κ2) is 5.83. The largest absolute Gasteiger partial charge is 0.191 e. The molecule has 8 saturated carbocycles. The lowest BCUT2D eigenvalue weighted by Crippen LogP contribution is -2.57. The molecule has 154 valence electrons. The minimum absolute atomic E-state index is 0.0162. The summed E-state index contributed by atoms with van der Waals surface area (Å²) < 4.78 is 14.6. The van der Waals surface area contributed by atoms with Crippen molar-refractivity contribution < 1.29 is 4.39 Å². The Morgan fingerprint density at radius 2 is 1.07 bits per heavy atom. The summed E-state index contributed by atoms with van der Waals surface area (Å²) in [5.41, 5.74) is 3.50. The van der Waals surface area contributed by atoms with Crippen LogP contribution in [0, 0.1) is 65.0 Å². The van der Waals surface area contributed by atoms with E-state index in [1.807, 2.05) is 6.07 Å². The van der Waals surface area contributed by atoms with Gasteiger partial charge in [-0.1, -0.05) is 0 Å². The number of halogens is 1. The molecule has 0 spiro atoms. The lowest BCUT2D eigenvalue weighted by molar-refractivity contribution is -0.0989. The molecule has 8 aliphatic carbocycles. The third-order valence-electron chi connectivity index (χ3n) is 10.6. The van der Waals surface area contributed by atoms with Crippen LogP contribution in [0.4, 0.5) is 4.39 Å². The van der Waals surface area contributed by atoms with E-state index in [9.17, 15) is 4.39 Å². The van der Waals surface area contributed by atoms with Crippen LogP contribution in [0.1, 0.15) is 88.2 Å². The van der Waals surface area contributed by atoms with Crippen LogP contribution in [-0.4, -0.2) is 0 Å². The molecule has 0 amide bonds. The summed E-state index contributed by atoms with van der Waals surface area (Å²) in [7, 11) is 0. The fourth-order valence-corrected chi connectivity index (χ4v) is 10.8. The predicted molar refractivity (Wildman–Crippen MR) is 115 cm³/mol. The maximum Gasteiger partial charge on any atom is 0.180 e. The fraction of sp³-hybridized carbons (Fsp3) is 0.750. The first-order valence-corrected chi connectivity index (χ1v) is 12.6. The molecule has 0 N–H and O–H groups in total. The van der Waals surface area contributed by atoms with E-state index in [1.54, 1.807) is 12.0 Å². The molecule has 1 aromatic carbocycles. The van der Waals surface area contributed by atoms with Crippen molar-refractivity contribution in [2.24, 2.45) is 46.3 Å². The quantitative estimate of drug-likeness (QED) is 0.468. The highest BCUT2D eigenvalue weighted by molar-refractivity contribution is 5.46. The van der Waals surface area contributed by atoms with Crippen molar-refractivity contribution in [2.75, 3.05) is 0 Å². The van der Waals surface area contributed by atoms with Crippen LogP contribution in [0.2, 0.25) is 0 Å². The number of hydrogen-bond donors (Lipinski definition) is 0. The molecule has 0 saturated heterocycles. The van der Waals surface area contributed by atoms with Gasteiger partial charge in [0, 0.05) is 35.8 Å². The van der Waals surface area contributed by atoms with Gasteiger partial charge in [-0.15, -0.1) is 0 Å². The van der Waals surface area contributed by atoms with E-state index in [0.717, 1.165) is 35.5 Å². The van der Waals surface area contributed by atoms with Crippen molar-refractivity contribution in [3.05, 3.63) is 41.1 Å². The zero-order valence-corrected chi connectivity index (χ0v) is 18.1. The first-order chi connectivity index (χ1) is 14.0. The van der Waals surface area contributed by atoms with Gasteiger partial charge in [0.2, 0.25) is 0 Å². The van der Waals surface area contributed by atoms with Crippen molar-refractivity contribution in [3.8, 4) is 0 Å². The van der Waals surface area contributed by atoms with Crippen molar-refractivity contribution in [1.29, 1.82) is 0 Å². The van der Waals surface area contributed by atoms with Gasteiger partial charge >= 0.3 is 0 Å². The normalized spacial score (nSPS) is 49.0. The van der Waals surface area contributed by atoms with Crippen LogP contribution in [0.3, 0.4) is 0 Å². The van der Waals surface area contributed by atoms with Crippen LogP contribution in [0.25, 0.3) is 0 Å². The topological polar surface area (TPSA) is 0 Å². The van der Waals surface area contributed by atoms with Gasteiger partial charge < -0.3 is 0 Å². The van der Waals surface area contributed by atoms with Gasteiger partial charge in [-0.2, -0.15) is 4.39 Å². The van der Waals surface area contributed by atoms with Crippen molar-refractivity contribution in [2.45, 2.75) is 84.0 Å². The Balaban J connectivity index is 1.40. The second-order valence-electron chi connectivity index (χ2n) is 12.7. The minimum atomic E-state index is -0.0162. The molecule has 0 aromatic heterocycles. The molecule has 0 unspecified atom stereocenters. The van der Waals surface area contributed by atoms with E-state index in [-0.39, 0.29) is 5.82 Å². The molecule has 0 radical (unpaired) electrons. The van der Waals surface area contributed by atoms with Crippen molar-refractivity contribution >= 4 is 0 Å². The van der Waals surface area contributed by atoms with E-state index in [1.165, 1.54) is 88.2 Å². The average molecular weight is 392 g/mol. The summed E-state index contributed by atoms with van der Waals surface area (Å²) in [5.74, 6) is 7.53. The molecule has 8 bridgehead atoms. The lowest BCUT2D eigenvalue weighted by atomic mass is 9.37. The zero-order valence-electron chi connectivity index (χ0n) is 18.1. The Morgan fingerprint density at radius 3 is 1.45 bits per heavy atom. The average Bonchev–Trinajstić information content (AvgIpc) is 2.62. The summed E-state index contributed by atoms with van der Waals surface area (Å²) in [6, 6.07) is 5.73. The van der Waals surface area contributed by atoms with E-state index in [4.69, 9.17) is 0 Å². The first kappa shape index (κ1) is 17.7. The molecule has 1 heteroatoms. The molecule has 8 aliphatic rings. The molecular formula is C28H36F+. The first-order valence-electron chi connectivity index (χ1n) is 12.6. The maximum atomic E-state index is 14.6. The summed E-state index contributed by atoms with van der Waals surface area (Å²) in [6.07, 6.45) is 17.5. The number of hydrogen-bond acceptors (Lipinski definition) is 0. The molecule has 0 heterocycles. The van der Waals surface area contributed by atoms with Gasteiger partial charge in [-0.05, 0) is 113 Å². The Labute approximate surface area is 176 Å². The highest BCUT2D eigenvalue weighted by Crippen LogP contribution is 2.73. The molecule has 1 aromatic rings. The molecule has 0 nitrogen and oxygen atoms in total. The van der Waals surface area contributed by atoms with Gasteiger partial charge in [-0.25, -0.2) is 0 Å². The van der Waals surface area contributed by atoms with E-state index in [0.29, 0.717) is 10.8 Å². The van der Waals surface area contributed by atoms with Crippen LogP contribution in [0.5, 0.6) is 0 Å². The van der Waals surface area contributed by atoms with Gasteiger partial charge in [0.15, 0.2) is 5.82 Å². The van der Waals surface area contributed by atoms with Gasteiger partial charge in [0.25, 0.3) is 0 Å². The molecule has 0 aliphatic heterocycles. The summed E-state index contributed by atoms with van der Waals surface area (Å²) in [6.45, 7) is 2.26. The summed E-state index contributed by atoms with van der Waals surface area (Å²) in [5, 5.41) is 0. The molecular weight excluding hydrogens is 355 g/mol. The second-order valence-corrected chi connectivity index (χ2v) is 12.7. The van der Waals surface area contributed by atoms with Gasteiger partial charge in [0.1, 0.15) is 5.56 Å². The minimum Gasteiger partial charge on any atom is -0.191 e. The highest BCUT2D eigenvalue weighted by Gasteiger charge is 2.66. The van der Waals surface area contributed by atoms with E-state index in [2.05, 4.69) is 13.0 Å². The predicted octanol–water partition coefficient (Wildman–Crippen LogP) is 7.49. The van der Waals surface area contributed by atoms with Crippen LogP contribution < -0.4 is 0 Å². The molecule has 9 rings (SSSR count). The fourth-order valence-electron chi connectivity index (χ4n) is 10.8. The smallest absolute Gasteiger partial charge is 0.180 e. The van der Waals surface area contributed by atoms with Gasteiger partial charge in [0.05, 0.1) is 11.6 Å². The monoisotopic (exact) mass is 391 g/mol.